The van der Waals surface area contributed by atoms with Crippen molar-refractivity contribution in [2.24, 2.45) is 0 Å². The summed E-state index contributed by atoms with van der Waals surface area (Å²) in [4.78, 5) is 28.5. The minimum atomic E-state index is -0.275. The fraction of sp³-hybridized carbons (Fsp3) is 0.333. The number of nitrogens with one attached hydrogen (secondary N) is 1. The molecule has 142 valence electrons. The first-order chi connectivity index (χ1) is 13.0. The lowest BCUT2D eigenvalue weighted by molar-refractivity contribution is -0.130. The second-order valence-electron chi connectivity index (χ2n) is 6.93. The second kappa shape index (κ2) is 8.50. The van der Waals surface area contributed by atoms with Crippen molar-refractivity contribution in [3.63, 3.8) is 0 Å². The first-order valence-electron chi connectivity index (χ1n) is 8.98. The van der Waals surface area contributed by atoms with Crippen LogP contribution >= 0.6 is 11.3 Å². The molecule has 1 aromatic carbocycles. The molecule has 0 spiro atoms. The molecule has 0 saturated carbocycles. The summed E-state index contributed by atoms with van der Waals surface area (Å²) in [6, 6.07) is 9.84. The van der Waals surface area contributed by atoms with E-state index < -0.39 is 0 Å². The number of amides is 2. The summed E-state index contributed by atoms with van der Waals surface area (Å²) in [7, 11) is 4.02. The lowest BCUT2D eigenvalue weighted by atomic mass is 9.93. The largest absolute Gasteiger partial charge is 0.354 e. The van der Waals surface area contributed by atoms with Gasteiger partial charge in [-0.15, -0.1) is 0 Å². The number of carbonyl (C=O) groups excluding carboxylic acids is 2. The Morgan fingerprint density at radius 1 is 1.26 bits per heavy atom. The lowest BCUT2D eigenvalue weighted by Gasteiger charge is -2.32. The van der Waals surface area contributed by atoms with Gasteiger partial charge in [-0.25, -0.2) is 0 Å². The van der Waals surface area contributed by atoms with Crippen LogP contribution in [0.25, 0.3) is 6.08 Å². The Morgan fingerprint density at radius 3 is 2.70 bits per heavy atom. The van der Waals surface area contributed by atoms with Crippen LogP contribution in [0.2, 0.25) is 0 Å². The third-order valence-electron chi connectivity index (χ3n) is 4.89. The molecule has 5 nitrogen and oxygen atoms in total. The highest BCUT2D eigenvalue weighted by atomic mass is 32.1. The van der Waals surface area contributed by atoms with E-state index in [-0.39, 0.29) is 30.3 Å². The van der Waals surface area contributed by atoms with Crippen molar-refractivity contribution in [3.05, 3.63) is 64.0 Å². The van der Waals surface area contributed by atoms with E-state index in [1.807, 2.05) is 49.8 Å². The Labute approximate surface area is 164 Å². The molecule has 1 aromatic heterocycles. The van der Waals surface area contributed by atoms with Crippen LogP contribution in [-0.4, -0.2) is 42.3 Å². The van der Waals surface area contributed by atoms with Crippen molar-refractivity contribution >= 4 is 29.2 Å². The SMILES string of the molecule is CC(=O)N1C=Cc2ccccc2[C@H]1CC(=O)NC[C@H](c1ccsc1)N(C)C. The number of benzene rings is 1. The molecule has 3 rings (SSSR count). The predicted octanol–water partition coefficient (Wildman–Crippen LogP) is 3.43. The summed E-state index contributed by atoms with van der Waals surface area (Å²) in [5, 5.41) is 7.20. The van der Waals surface area contributed by atoms with E-state index in [1.54, 1.807) is 22.4 Å². The summed E-state index contributed by atoms with van der Waals surface area (Å²) in [6.07, 6.45) is 3.94. The number of nitrogens with zero attached hydrogens (tertiary/aromatic N) is 2. The van der Waals surface area contributed by atoms with Crippen LogP contribution in [0.15, 0.2) is 47.3 Å². The van der Waals surface area contributed by atoms with E-state index in [2.05, 4.69) is 21.7 Å². The molecule has 0 fully saturated rings. The van der Waals surface area contributed by atoms with Crippen LogP contribution in [0, 0.1) is 0 Å². The highest BCUT2D eigenvalue weighted by Crippen LogP contribution is 2.32. The molecular formula is C21H25N3O2S. The molecule has 0 unspecified atom stereocenters. The molecule has 1 N–H and O–H groups in total. The normalized spacial score (nSPS) is 16.9. The Kier molecular flexibility index (Phi) is 6.08. The van der Waals surface area contributed by atoms with Crippen molar-refractivity contribution < 1.29 is 9.59 Å². The minimum Gasteiger partial charge on any atom is -0.354 e. The Bertz CT molecular complexity index is 830. The van der Waals surface area contributed by atoms with Crippen molar-refractivity contribution in [2.75, 3.05) is 20.6 Å². The smallest absolute Gasteiger partial charge is 0.223 e. The maximum absolute atomic E-state index is 12.7. The summed E-state index contributed by atoms with van der Waals surface area (Å²) in [5.74, 6) is -0.124. The number of rotatable bonds is 6. The number of likely N-dealkylation sites (N-methyl/N-ethyl adjacent to an activating group) is 1. The maximum Gasteiger partial charge on any atom is 0.223 e. The number of thiophene rings is 1. The molecule has 2 amide bonds. The van der Waals surface area contributed by atoms with Gasteiger partial charge in [-0.3, -0.25) is 9.59 Å². The van der Waals surface area contributed by atoms with E-state index >= 15 is 0 Å². The molecule has 0 bridgehead atoms. The van der Waals surface area contributed by atoms with Gasteiger partial charge >= 0.3 is 0 Å². The molecule has 6 heteroatoms. The van der Waals surface area contributed by atoms with Crippen LogP contribution in [0.5, 0.6) is 0 Å². The molecule has 0 aliphatic carbocycles. The fourth-order valence-corrected chi connectivity index (χ4v) is 4.14. The summed E-state index contributed by atoms with van der Waals surface area (Å²) < 4.78 is 0. The second-order valence-corrected chi connectivity index (χ2v) is 7.71. The van der Waals surface area contributed by atoms with E-state index in [0.717, 1.165) is 11.1 Å². The van der Waals surface area contributed by atoms with Gasteiger partial charge in [0.2, 0.25) is 11.8 Å². The monoisotopic (exact) mass is 383 g/mol. The van der Waals surface area contributed by atoms with Gasteiger partial charge in [-0.2, -0.15) is 11.3 Å². The quantitative estimate of drug-likeness (QED) is 0.831. The zero-order chi connectivity index (χ0) is 19.4. The van der Waals surface area contributed by atoms with Crippen LogP contribution in [0.4, 0.5) is 0 Å². The zero-order valence-electron chi connectivity index (χ0n) is 15.9. The fourth-order valence-electron chi connectivity index (χ4n) is 3.43. The average molecular weight is 384 g/mol. The van der Waals surface area contributed by atoms with E-state index in [9.17, 15) is 9.59 Å². The average Bonchev–Trinajstić information content (AvgIpc) is 3.16. The Morgan fingerprint density at radius 2 is 2.04 bits per heavy atom. The van der Waals surface area contributed by atoms with Crippen LogP contribution in [0.1, 0.15) is 42.1 Å². The Balaban J connectivity index is 1.70. The molecule has 2 heterocycles. The lowest BCUT2D eigenvalue weighted by Crippen LogP contribution is -2.38. The third-order valence-corrected chi connectivity index (χ3v) is 5.59. The molecular weight excluding hydrogens is 358 g/mol. The van der Waals surface area contributed by atoms with Gasteiger partial charge < -0.3 is 15.1 Å². The third kappa shape index (κ3) is 4.46. The minimum absolute atomic E-state index is 0.0570. The number of carbonyl (C=O) groups is 2. The van der Waals surface area contributed by atoms with E-state index in [1.165, 1.54) is 12.5 Å². The van der Waals surface area contributed by atoms with Crippen LogP contribution in [0.3, 0.4) is 0 Å². The van der Waals surface area contributed by atoms with Gasteiger partial charge in [0.1, 0.15) is 0 Å². The van der Waals surface area contributed by atoms with Gasteiger partial charge in [0.25, 0.3) is 0 Å². The van der Waals surface area contributed by atoms with Gasteiger partial charge in [-0.1, -0.05) is 24.3 Å². The number of hydrogen-bond acceptors (Lipinski definition) is 4. The molecule has 0 radical (unpaired) electrons. The maximum atomic E-state index is 12.7. The van der Waals surface area contributed by atoms with Gasteiger partial charge in [0, 0.05) is 19.7 Å². The highest BCUT2D eigenvalue weighted by Gasteiger charge is 2.28. The Hall–Kier alpha value is -2.44. The summed E-state index contributed by atoms with van der Waals surface area (Å²) >= 11 is 1.65. The highest BCUT2D eigenvalue weighted by molar-refractivity contribution is 7.07. The van der Waals surface area contributed by atoms with Gasteiger partial charge in [0.05, 0.1) is 18.5 Å². The topological polar surface area (TPSA) is 52.7 Å². The molecule has 2 aromatic rings. The summed E-state index contributed by atoms with van der Waals surface area (Å²) in [6.45, 7) is 2.06. The summed E-state index contributed by atoms with van der Waals surface area (Å²) in [5.41, 5.74) is 3.26. The standard InChI is InChI=1S/C21H25N3O2S/c1-15(25)24-10-8-16-6-4-5-7-18(16)19(24)12-21(26)22-13-20(23(2)3)17-9-11-27-14-17/h4-11,14,19-20H,12-13H2,1-3H3,(H,22,26)/t19-,20-/m1/s1. The number of hydrogen-bond donors (Lipinski definition) is 1. The first kappa shape index (κ1) is 19.3. The first-order valence-corrected chi connectivity index (χ1v) is 9.93. The van der Waals surface area contributed by atoms with Crippen molar-refractivity contribution in [1.82, 2.24) is 15.1 Å². The van der Waals surface area contributed by atoms with Gasteiger partial charge in [0.15, 0.2) is 0 Å². The molecule has 27 heavy (non-hydrogen) atoms. The van der Waals surface area contributed by atoms with Crippen molar-refractivity contribution in [2.45, 2.75) is 25.4 Å². The predicted molar refractivity (Wildman–Crippen MR) is 109 cm³/mol. The number of fused-ring (bicyclic) bond motifs is 1. The van der Waals surface area contributed by atoms with Crippen LogP contribution in [-0.2, 0) is 9.59 Å². The van der Waals surface area contributed by atoms with E-state index in [0.29, 0.717) is 6.54 Å². The zero-order valence-corrected chi connectivity index (χ0v) is 16.7. The van der Waals surface area contributed by atoms with Crippen LogP contribution < -0.4 is 5.32 Å². The molecule has 2 atom stereocenters. The van der Waals surface area contributed by atoms with E-state index in [4.69, 9.17) is 0 Å². The molecule has 0 saturated heterocycles. The molecule has 1 aliphatic heterocycles. The van der Waals surface area contributed by atoms with Crippen molar-refractivity contribution in [3.8, 4) is 0 Å². The molecule has 1 aliphatic rings. The van der Waals surface area contributed by atoms with Gasteiger partial charge in [-0.05, 0) is 53.7 Å². The van der Waals surface area contributed by atoms with Crippen molar-refractivity contribution in [1.29, 1.82) is 0 Å².